The van der Waals surface area contributed by atoms with Crippen LogP contribution < -0.4 is 5.73 Å². The van der Waals surface area contributed by atoms with Crippen molar-refractivity contribution in [2.24, 2.45) is 5.73 Å². The van der Waals surface area contributed by atoms with Crippen molar-refractivity contribution < 1.29 is 0 Å². The van der Waals surface area contributed by atoms with E-state index >= 15 is 0 Å². The highest BCUT2D eigenvalue weighted by atomic mass is 14.4. The Balaban J connectivity index is 0. The first-order valence-electron chi connectivity index (χ1n) is 3.65. The summed E-state index contributed by atoms with van der Waals surface area (Å²) in [6.07, 6.45) is 7.48. The summed E-state index contributed by atoms with van der Waals surface area (Å²) in [5.41, 5.74) is 5.86. The van der Waals surface area contributed by atoms with Crippen LogP contribution in [0.5, 0.6) is 0 Å². The largest absolute Gasteiger partial charge is 0.333 e. The highest BCUT2D eigenvalue weighted by Crippen LogP contribution is 1.89. The number of allylic oxidation sites excluding steroid dienone is 4. The molecule has 0 aliphatic carbocycles. The Bertz CT molecular complexity index is 97.3. The molecule has 0 aliphatic rings. The maximum absolute atomic E-state index is 4.50. The van der Waals surface area contributed by atoms with E-state index in [4.69, 9.17) is 0 Å². The lowest BCUT2D eigenvalue weighted by Gasteiger charge is -1.80. The van der Waals surface area contributed by atoms with Crippen molar-refractivity contribution in [3.8, 4) is 0 Å². The van der Waals surface area contributed by atoms with Crippen LogP contribution in [0.3, 0.4) is 0 Å². The Labute approximate surface area is 64.6 Å². The highest BCUT2D eigenvalue weighted by molar-refractivity contribution is 5.07. The summed E-state index contributed by atoms with van der Waals surface area (Å²) in [4.78, 5) is 0. The number of hydrogen-bond donors (Lipinski definition) is 1. The van der Waals surface area contributed by atoms with E-state index in [2.05, 4.69) is 44.7 Å². The third-order valence-electron chi connectivity index (χ3n) is 0.801. The predicted octanol–water partition coefficient (Wildman–Crippen LogP) is 2.49. The Morgan fingerprint density at radius 1 is 1.30 bits per heavy atom. The molecule has 1 nitrogen and oxygen atoms in total. The lowest BCUT2D eigenvalue weighted by molar-refractivity contribution is 1.22. The zero-order chi connectivity index (χ0) is 8.41. The third-order valence-corrected chi connectivity index (χ3v) is 0.801. The third kappa shape index (κ3) is 15.7. The van der Waals surface area contributed by atoms with Gasteiger partial charge >= 0.3 is 0 Å². The smallest absolute Gasteiger partial charge is 0.0195 e. The van der Waals surface area contributed by atoms with Crippen LogP contribution in [0.25, 0.3) is 0 Å². The first-order valence-corrected chi connectivity index (χ1v) is 3.65. The van der Waals surface area contributed by atoms with Gasteiger partial charge in [0, 0.05) is 0 Å². The number of hydrogen-bond acceptors (Lipinski definition) is 1. The van der Waals surface area contributed by atoms with Gasteiger partial charge < -0.3 is 5.73 Å². The lowest BCUT2D eigenvalue weighted by Crippen LogP contribution is -1.69. The Morgan fingerprint density at radius 2 is 1.80 bits per heavy atom. The van der Waals surface area contributed by atoms with Gasteiger partial charge in [-0.05, 0) is 27.3 Å². The van der Waals surface area contributed by atoms with E-state index in [1.807, 2.05) is 0 Å². The Kier molecular flexibility index (Phi) is 13.7. The molecule has 0 atom stereocenters. The molecule has 0 radical (unpaired) electrons. The second-order valence-corrected chi connectivity index (χ2v) is 2.08. The summed E-state index contributed by atoms with van der Waals surface area (Å²) < 4.78 is 0. The molecule has 1 heteroatoms. The van der Waals surface area contributed by atoms with E-state index in [9.17, 15) is 0 Å². The monoisotopic (exact) mass is 141 g/mol. The summed E-state index contributed by atoms with van der Waals surface area (Å²) in [6.45, 7) is 6.33. The summed E-state index contributed by atoms with van der Waals surface area (Å²) in [5.74, 6) is 0. The molecule has 0 aromatic rings. The van der Waals surface area contributed by atoms with Crippen LogP contribution in [-0.4, -0.2) is 7.05 Å². The van der Waals surface area contributed by atoms with Crippen LogP contribution in [0.4, 0.5) is 0 Å². The first kappa shape index (κ1) is 12.1. The van der Waals surface area contributed by atoms with Gasteiger partial charge in [-0.25, -0.2) is 0 Å². The number of rotatable bonds is 2. The molecular formula is C9H19N. The van der Waals surface area contributed by atoms with E-state index in [0.717, 1.165) is 6.42 Å². The van der Waals surface area contributed by atoms with Gasteiger partial charge in [0.1, 0.15) is 0 Å². The molecule has 0 saturated carbocycles. The van der Waals surface area contributed by atoms with Gasteiger partial charge in [0.15, 0.2) is 0 Å². The van der Waals surface area contributed by atoms with Crippen molar-refractivity contribution >= 4 is 0 Å². The van der Waals surface area contributed by atoms with Crippen LogP contribution in [0.1, 0.15) is 27.2 Å². The molecule has 0 unspecified atom stereocenters. The fourth-order valence-electron chi connectivity index (χ4n) is 0.397. The van der Waals surface area contributed by atoms with Crippen LogP contribution in [0, 0.1) is 0 Å². The molecule has 0 fully saturated rings. The first-order chi connectivity index (χ1) is 4.77. The van der Waals surface area contributed by atoms with Gasteiger partial charge in [-0.1, -0.05) is 30.7 Å². The Hall–Kier alpha value is -0.560. The molecule has 0 aromatic carbocycles. The van der Waals surface area contributed by atoms with Crippen molar-refractivity contribution in [3.05, 3.63) is 23.8 Å². The molecule has 0 spiro atoms. The molecular weight excluding hydrogens is 122 g/mol. The second-order valence-electron chi connectivity index (χ2n) is 2.08. The van der Waals surface area contributed by atoms with Crippen LogP contribution in [0.15, 0.2) is 23.8 Å². The topological polar surface area (TPSA) is 26.0 Å². The van der Waals surface area contributed by atoms with Gasteiger partial charge in [-0.2, -0.15) is 0 Å². The van der Waals surface area contributed by atoms with E-state index in [-0.39, 0.29) is 0 Å². The van der Waals surface area contributed by atoms with Gasteiger partial charge in [-0.3, -0.25) is 0 Å². The minimum atomic E-state index is 1.13. The highest BCUT2D eigenvalue weighted by Gasteiger charge is 1.67. The molecule has 0 rings (SSSR count). The summed E-state index contributed by atoms with van der Waals surface area (Å²) in [6, 6.07) is 0. The fraction of sp³-hybridized carbons (Fsp3) is 0.556. The van der Waals surface area contributed by atoms with E-state index in [1.165, 1.54) is 12.6 Å². The van der Waals surface area contributed by atoms with Gasteiger partial charge in [0.2, 0.25) is 0 Å². The molecule has 0 aliphatic heterocycles. The molecule has 10 heavy (non-hydrogen) atoms. The summed E-state index contributed by atoms with van der Waals surface area (Å²) >= 11 is 0. The minimum Gasteiger partial charge on any atom is -0.333 e. The average Bonchev–Trinajstić information content (AvgIpc) is 1.92. The SMILES string of the molecule is CC/C=C\C=C(C)C.CN. The van der Waals surface area contributed by atoms with Crippen molar-refractivity contribution in [3.63, 3.8) is 0 Å². The Morgan fingerprint density at radius 3 is 2.10 bits per heavy atom. The average molecular weight is 141 g/mol. The normalized spacial score (nSPS) is 8.50. The van der Waals surface area contributed by atoms with Crippen molar-refractivity contribution in [2.45, 2.75) is 27.2 Å². The van der Waals surface area contributed by atoms with Crippen LogP contribution in [0.2, 0.25) is 0 Å². The number of nitrogens with two attached hydrogens (primary N) is 1. The van der Waals surface area contributed by atoms with Crippen LogP contribution >= 0.6 is 0 Å². The van der Waals surface area contributed by atoms with E-state index in [1.54, 1.807) is 0 Å². The van der Waals surface area contributed by atoms with Crippen LogP contribution in [-0.2, 0) is 0 Å². The maximum Gasteiger partial charge on any atom is -0.0195 e. The predicted molar refractivity (Wildman–Crippen MR) is 49.0 cm³/mol. The lowest BCUT2D eigenvalue weighted by atomic mass is 10.3. The van der Waals surface area contributed by atoms with Gasteiger partial charge in [-0.15, -0.1) is 0 Å². The summed E-state index contributed by atoms with van der Waals surface area (Å²) in [7, 11) is 1.50. The quantitative estimate of drug-likeness (QED) is 0.587. The van der Waals surface area contributed by atoms with Gasteiger partial charge in [0.05, 0.1) is 0 Å². The van der Waals surface area contributed by atoms with Crippen molar-refractivity contribution in [1.82, 2.24) is 0 Å². The fourth-order valence-corrected chi connectivity index (χ4v) is 0.397. The maximum atomic E-state index is 4.50. The second kappa shape index (κ2) is 11.3. The standard InChI is InChI=1S/C8H14.CH5N/c1-4-5-6-7-8(2)3;1-2/h5-7H,4H2,1-3H3;2H2,1H3/b6-5-;. The van der Waals surface area contributed by atoms with E-state index in [0.29, 0.717) is 0 Å². The van der Waals surface area contributed by atoms with Crippen molar-refractivity contribution in [2.75, 3.05) is 7.05 Å². The van der Waals surface area contributed by atoms with E-state index < -0.39 is 0 Å². The molecule has 60 valence electrons. The minimum absolute atomic E-state index is 1.13. The molecule has 0 bridgehead atoms. The molecule has 0 aromatic heterocycles. The molecule has 2 N–H and O–H groups in total. The molecule has 0 saturated heterocycles. The van der Waals surface area contributed by atoms with Gasteiger partial charge in [0.25, 0.3) is 0 Å². The summed E-state index contributed by atoms with van der Waals surface area (Å²) in [5, 5.41) is 0. The molecule has 0 amide bonds. The zero-order valence-electron chi connectivity index (χ0n) is 7.52. The molecule has 0 heterocycles. The van der Waals surface area contributed by atoms with Crippen molar-refractivity contribution in [1.29, 1.82) is 0 Å². The zero-order valence-corrected chi connectivity index (χ0v) is 7.52.